The number of benzene rings is 1. The highest BCUT2D eigenvalue weighted by molar-refractivity contribution is 6.42. The zero-order valence-corrected chi connectivity index (χ0v) is 16.5. The van der Waals surface area contributed by atoms with Gasteiger partial charge in [0.1, 0.15) is 5.92 Å². The molecule has 2 fully saturated rings. The Morgan fingerprint density at radius 2 is 2.00 bits per heavy atom. The van der Waals surface area contributed by atoms with Crippen LogP contribution in [0, 0.1) is 5.92 Å². The zero-order valence-electron chi connectivity index (χ0n) is 14.9. The summed E-state index contributed by atoms with van der Waals surface area (Å²) in [6, 6.07) is 5.09. The number of anilines is 1. The van der Waals surface area contributed by atoms with Crippen molar-refractivity contribution in [3.63, 3.8) is 0 Å². The second-order valence-electron chi connectivity index (χ2n) is 7.07. The largest absolute Gasteiger partial charge is 0.335 e. The molecule has 2 aromatic rings. The van der Waals surface area contributed by atoms with Gasteiger partial charge < -0.3 is 9.80 Å². The predicted molar refractivity (Wildman–Crippen MR) is 104 cm³/mol. The molecule has 3 heterocycles. The highest BCUT2D eigenvalue weighted by Crippen LogP contribution is 2.36. The minimum absolute atomic E-state index is 0.00183. The van der Waals surface area contributed by atoms with Gasteiger partial charge in [0.15, 0.2) is 0 Å². The summed E-state index contributed by atoms with van der Waals surface area (Å²) in [5.74, 6) is -0.902. The van der Waals surface area contributed by atoms with Crippen LogP contribution in [0.1, 0.15) is 30.9 Å². The van der Waals surface area contributed by atoms with Crippen molar-refractivity contribution in [1.29, 1.82) is 0 Å². The van der Waals surface area contributed by atoms with E-state index in [4.69, 9.17) is 23.2 Å². The van der Waals surface area contributed by atoms with E-state index in [0.29, 0.717) is 35.2 Å². The molecule has 0 N–H and O–H groups in total. The molecule has 27 heavy (non-hydrogen) atoms. The molecule has 2 amide bonds. The predicted octanol–water partition coefficient (Wildman–Crippen LogP) is 3.44. The topological polar surface area (TPSA) is 58.4 Å². The number of aryl methyl sites for hydroxylation is 1. The monoisotopic (exact) mass is 406 g/mol. The van der Waals surface area contributed by atoms with Gasteiger partial charge in [-0.05, 0) is 37.5 Å². The van der Waals surface area contributed by atoms with E-state index in [0.717, 1.165) is 18.4 Å². The van der Waals surface area contributed by atoms with E-state index in [1.165, 1.54) is 0 Å². The van der Waals surface area contributed by atoms with Crippen LogP contribution in [0.2, 0.25) is 10.0 Å². The quantitative estimate of drug-likeness (QED) is 0.733. The standard InChI is InChI=1S/C19H20Cl2N4O2/c1-23-11-12(10-22-23)17-3-2-7-25(17)19(27)14-6-8-24(18(14)26)13-4-5-15(20)16(21)9-13/h4-5,9-11,14,17H,2-3,6-8H2,1H3. The SMILES string of the molecule is Cn1cc(C2CCCN2C(=O)C2CCN(c3ccc(Cl)c(Cl)c3)C2=O)cn1. The summed E-state index contributed by atoms with van der Waals surface area (Å²) in [6.45, 7) is 1.17. The molecule has 142 valence electrons. The van der Waals surface area contributed by atoms with Crippen LogP contribution in [0.15, 0.2) is 30.6 Å². The van der Waals surface area contributed by atoms with Crippen molar-refractivity contribution in [2.75, 3.05) is 18.0 Å². The Hall–Kier alpha value is -2.05. The highest BCUT2D eigenvalue weighted by Gasteiger charge is 2.43. The molecular formula is C19H20Cl2N4O2. The molecule has 0 bridgehead atoms. The first-order valence-corrected chi connectivity index (χ1v) is 9.77. The molecule has 2 atom stereocenters. The van der Waals surface area contributed by atoms with Crippen LogP contribution in [0.3, 0.4) is 0 Å². The van der Waals surface area contributed by atoms with Crippen LogP contribution in [-0.2, 0) is 16.6 Å². The van der Waals surface area contributed by atoms with Crippen molar-refractivity contribution in [1.82, 2.24) is 14.7 Å². The number of aromatic nitrogens is 2. The number of likely N-dealkylation sites (tertiary alicyclic amines) is 1. The van der Waals surface area contributed by atoms with Crippen LogP contribution in [0.4, 0.5) is 5.69 Å². The van der Waals surface area contributed by atoms with E-state index in [1.807, 2.05) is 18.1 Å². The van der Waals surface area contributed by atoms with Gasteiger partial charge in [0.25, 0.3) is 0 Å². The molecule has 0 radical (unpaired) electrons. The number of rotatable bonds is 3. The van der Waals surface area contributed by atoms with Gasteiger partial charge in [-0.25, -0.2) is 0 Å². The molecule has 0 spiro atoms. The maximum absolute atomic E-state index is 13.2. The van der Waals surface area contributed by atoms with Crippen LogP contribution in [-0.4, -0.2) is 39.6 Å². The molecule has 8 heteroatoms. The van der Waals surface area contributed by atoms with Crippen molar-refractivity contribution < 1.29 is 9.59 Å². The van der Waals surface area contributed by atoms with Gasteiger partial charge >= 0.3 is 0 Å². The molecule has 6 nitrogen and oxygen atoms in total. The Balaban J connectivity index is 1.52. The van der Waals surface area contributed by atoms with E-state index in [2.05, 4.69) is 5.10 Å². The van der Waals surface area contributed by atoms with Gasteiger partial charge in [-0.3, -0.25) is 14.3 Å². The number of amides is 2. The zero-order chi connectivity index (χ0) is 19.1. The molecule has 1 aromatic heterocycles. The molecule has 2 unspecified atom stereocenters. The lowest BCUT2D eigenvalue weighted by Gasteiger charge is -2.26. The fourth-order valence-corrected chi connectivity index (χ4v) is 4.30. The van der Waals surface area contributed by atoms with Crippen molar-refractivity contribution in [3.05, 3.63) is 46.2 Å². The fraction of sp³-hybridized carbons (Fsp3) is 0.421. The van der Waals surface area contributed by atoms with E-state index in [-0.39, 0.29) is 17.9 Å². The smallest absolute Gasteiger partial charge is 0.239 e. The normalized spacial score (nSPS) is 22.7. The number of nitrogens with zero attached hydrogens (tertiary/aromatic N) is 4. The first kappa shape index (κ1) is 18.3. The summed E-state index contributed by atoms with van der Waals surface area (Å²) in [5, 5.41) is 5.05. The van der Waals surface area contributed by atoms with Crippen LogP contribution >= 0.6 is 23.2 Å². The Labute approximate surface area is 167 Å². The summed E-state index contributed by atoms with van der Waals surface area (Å²) in [7, 11) is 1.86. The average molecular weight is 407 g/mol. The van der Waals surface area contributed by atoms with Gasteiger partial charge in [0, 0.05) is 37.6 Å². The number of carbonyl (C=O) groups is 2. The Bertz CT molecular complexity index is 898. The fourth-order valence-electron chi connectivity index (χ4n) is 4.01. The van der Waals surface area contributed by atoms with Crippen LogP contribution in [0.5, 0.6) is 0 Å². The maximum Gasteiger partial charge on any atom is 0.239 e. The highest BCUT2D eigenvalue weighted by atomic mass is 35.5. The second kappa shape index (κ2) is 7.17. The average Bonchev–Trinajstić information content (AvgIpc) is 3.36. The lowest BCUT2D eigenvalue weighted by atomic mass is 10.0. The van der Waals surface area contributed by atoms with E-state index < -0.39 is 5.92 Å². The van der Waals surface area contributed by atoms with Crippen molar-refractivity contribution in [2.45, 2.75) is 25.3 Å². The first-order valence-electron chi connectivity index (χ1n) is 9.01. The minimum atomic E-state index is -0.642. The van der Waals surface area contributed by atoms with Crippen molar-refractivity contribution in [3.8, 4) is 0 Å². The Morgan fingerprint density at radius 3 is 2.70 bits per heavy atom. The van der Waals surface area contributed by atoms with Crippen molar-refractivity contribution >= 4 is 40.7 Å². The molecule has 2 aliphatic heterocycles. The van der Waals surface area contributed by atoms with Gasteiger partial charge in [-0.2, -0.15) is 5.10 Å². The molecule has 1 aromatic carbocycles. The number of halogens is 2. The molecule has 4 rings (SSSR count). The van der Waals surface area contributed by atoms with E-state index >= 15 is 0 Å². The number of hydrogen-bond acceptors (Lipinski definition) is 3. The summed E-state index contributed by atoms with van der Waals surface area (Å²) >= 11 is 12.0. The number of carbonyl (C=O) groups excluding carboxylic acids is 2. The summed E-state index contributed by atoms with van der Waals surface area (Å²) in [5.41, 5.74) is 1.70. The summed E-state index contributed by atoms with van der Waals surface area (Å²) < 4.78 is 1.74. The Kier molecular flexibility index (Phi) is 4.86. The Morgan fingerprint density at radius 1 is 1.19 bits per heavy atom. The first-order chi connectivity index (χ1) is 13.0. The molecule has 0 aliphatic carbocycles. The second-order valence-corrected chi connectivity index (χ2v) is 7.88. The lowest BCUT2D eigenvalue weighted by Crippen LogP contribution is -2.39. The van der Waals surface area contributed by atoms with Gasteiger partial charge in [-0.15, -0.1) is 0 Å². The van der Waals surface area contributed by atoms with E-state index in [1.54, 1.807) is 34.0 Å². The van der Waals surface area contributed by atoms with Gasteiger partial charge in [0.2, 0.25) is 11.8 Å². The molecule has 2 saturated heterocycles. The third kappa shape index (κ3) is 3.32. The van der Waals surface area contributed by atoms with Gasteiger partial charge in [-0.1, -0.05) is 23.2 Å². The molecular weight excluding hydrogens is 387 g/mol. The summed E-state index contributed by atoms with van der Waals surface area (Å²) in [4.78, 5) is 29.6. The molecule has 2 aliphatic rings. The molecule has 0 saturated carbocycles. The van der Waals surface area contributed by atoms with Crippen LogP contribution < -0.4 is 4.90 Å². The van der Waals surface area contributed by atoms with Crippen molar-refractivity contribution in [2.24, 2.45) is 13.0 Å². The van der Waals surface area contributed by atoms with Crippen LogP contribution in [0.25, 0.3) is 0 Å². The third-order valence-corrected chi connectivity index (χ3v) is 6.10. The van der Waals surface area contributed by atoms with Gasteiger partial charge in [0.05, 0.1) is 22.3 Å². The third-order valence-electron chi connectivity index (χ3n) is 5.36. The lowest BCUT2D eigenvalue weighted by molar-refractivity contribution is -0.140. The maximum atomic E-state index is 13.2. The summed E-state index contributed by atoms with van der Waals surface area (Å²) in [6.07, 6.45) is 6.08. The number of hydrogen-bond donors (Lipinski definition) is 0. The minimum Gasteiger partial charge on any atom is -0.335 e. The van der Waals surface area contributed by atoms with E-state index in [9.17, 15) is 9.59 Å².